The van der Waals surface area contributed by atoms with E-state index >= 15 is 0 Å². The third-order valence-corrected chi connectivity index (χ3v) is 2.73. The van der Waals surface area contributed by atoms with Crippen molar-refractivity contribution in [1.29, 1.82) is 0 Å². The number of piperidine rings is 1. The van der Waals surface area contributed by atoms with Gasteiger partial charge in [-0.25, -0.2) is 0 Å². The Balaban J connectivity index is 2.20. The van der Waals surface area contributed by atoms with Crippen LogP contribution in [0.15, 0.2) is 29.6 Å². The summed E-state index contributed by atoms with van der Waals surface area (Å²) in [5.74, 6) is 0.850. The Morgan fingerprint density at radius 3 is 2.75 bits per heavy atom. The quantitative estimate of drug-likeness (QED) is 0.433. The standard InChI is InChI=1S/C12H17N3O/c1-16-14-12(11-7-3-4-8-13-11)15-9-5-2-6-10-15/h3-4,7-8H,2,5-6,9-10H2,1H3. The van der Waals surface area contributed by atoms with E-state index in [0.717, 1.165) is 24.6 Å². The van der Waals surface area contributed by atoms with E-state index < -0.39 is 0 Å². The molecule has 0 radical (unpaired) electrons. The van der Waals surface area contributed by atoms with E-state index in [4.69, 9.17) is 4.84 Å². The van der Waals surface area contributed by atoms with Crippen molar-refractivity contribution < 1.29 is 4.84 Å². The molecule has 0 aromatic carbocycles. The molecule has 0 saturated carbocycles. The van der Waals surface area contributed by atoms with E-state index in [1.165, 1.54) is 19.3 Å². The topological polar surface area (TPSA) is 37.7 Å². The second-order valence-electron chi connectivity index (χ2n) is 3.86. The van der Waals surface area contributed by atoms with Gasteiger partial charge in [0.25, 0.3) is 0 Å². The highest BCUT2D eigenvalue weighted by Gasteiger charge is 2.17. The minimum Gasteiger partial charge on any atom is -0.397 e. The summed E-state index contributed by atoms with van der Waals surface area (Å²) < 4.78 is 0. The third kappa shape index (κ3) is 2.51. The van der Waals surface area contributed by atoms with Gasteiger partial charge in [0.2, 0.25) is 0 Å². The first kappa shape index (κ1) is 10.9. The second-order valence-corrected chi connectivity index (χ2v) is 3.86. The van der Waals surface area contributed by atoms with Crippen molar-refractivity contribution in [2.75, 3.05) is 20.2 Å². The maximum atomic E-state index is 4.92. The van der Waals surface area contributed by atoms with E-state index in [0.29, 0.717) is 0 Å². The number of nitrogens with zero attached hydrogens (tertiary/aromatic N) is 3. The fourth-order valence-electron chi connectivity index (χ4n) is 1.95. The molecule has 1 fully saturated rings. The summed E-state index contributed by atoms with van der Waals surface area (Å²) in [6.07, 6.45) is 5.52. The molecule has 1 aliphatic heterocycles. The minimum absolute atomic E-state index is 0.850. The molecule has 0 aliphatic carbocycles. The summed E-state index contributed by atoms with van der Waals surface area (Å²) in [5.41, 5.74) is 0.881. The number of rotatable bonds is 2. The Morgan fingerprint density at radius 1 is 1.31 bits per heavy atom. The Labute approximate surface area is 95.9 Å². The highest BCUT2D eigenvalue weighted by Crippen LogP contribution is 2.12. The van der Waals surface area contributed by atoms with Gasteiger partial charge >= 0.3 is 0 Å². The minimum atomic E-state index is 0.850. The van der Waals surface area contributed by atoms with Crippen LogP contribution in [0.5, 0.6) is 0 Å². The summed E-state index contributed by atoms with van der Waals surface area (Å²) in [6.45, 7) is 2.08. The van der Waals surface area contributed by atoms with Crippen LogP contribution in [0.3, 0.4) is 0 Å². The Kier molecular flexibility index (Phi) is 3.75. The van der Waals surface area contributed by atoms with E-state index in [1.54, 1.807) is 13.3 Å². The van der Waals surface area contributed by atoms with Crippen molar-refractivity contribution >= 4 is 5.84 Å². The van der Waals surface area contributed by atoms with Gasteiger partial charge in [-0.15, -0.1) is 0 Å². The fraction of sp³-hybridized carbons (Fsp3) is 0.500. The maximum Gasteiger partial charge on any atom is 0.194 e. The SMILES string of the molecule is CON=C(c1ccccn1)N1CCCCC1. The Bertz CT molecular complexity index is 345. The van der Waals surface area contributed by atoms with Crippen LogP contribution in [0, 0.1) is 0 Å². The number of pyridine rings is 1. The van der Waals surface area contributed by atoms with Crippen LogP contribution >= 0.6 is 0 Å². The summed E-state index contributed by atoms with van der Waals surface area (Å²) >= 11 is 0. The Morgan fingerprint density at radius 2 is 2.12 bits per heavy atom. The molecule has 0 atom stereocenters. The highest BCUT2D eigenvalue weighted by molar-refractivity contribution is 5.96. The molecule has 1 saturated heterocycles. The van der Waals surface area contributed by atoms with Gasteiger partial charge in [-0.05, 0) is 31.4 Å². The van der Waals surface area contributed by atoms with E-state index in [2.05, 4.69) is 15.0 Å². The predicted molar refractivity (Wildman–Crippen MR) is 63.2 cm³/mol. The molecule has 2 rings (SSSR count). The highest BCUT2D eigenvalue weighted by atomic mass is 16.6. The predicted octanol–water partition coefficient (Wildman–Crippen LogP) is 1.88. The molecule has 4 nitrogen and oxygen atoms in total. The molecule has 16 heavy (non-hydrogen) atoms. The Hall–Kier alpha value is -1.58. The number of amidine groups is 1. The molecule has 0 spiro atoms. The molecule has 86 valence electrons. The molecule has 2 heterocycles. The first-order chi connectivity index (χ1) is 7.92. The largest absolute Gasteiger partial charge is 0.397 e. The summed E-state index contributed by atoms with van der Waals surface area (Å²) in [5, 5.41) is 4.10. The van der Waals surface area contributed by atoms with Crippen molar-refractivity contribution in [3.8, 4) is 0 Å². The van der Waals surface area contributed by atoms with Gasteiger partial charge in [0.15, 0.2) is 5.84 Å². The molecule has 0 N–H and O–H groups in total. The summed E-state index contributed by atoms with van der Waals surface area (Å²) in [6, 6.07) is 5.84. The lowest BCUT2D eigenvalue weighted by Crippen LogP contribution is -2.36. The summed E-state index contributed by atoms with van der Waals surface area (Å²) in [7, 11) is 1.58. The van der Waals surface area contributed by atoms with Gasteiger partial charge in [0.1, 0.15) is 12.8 Å². The van der Waals surface area contributed by atoms with Gasteiger partial charge in [-0.1, -0.05) is 11.2 Å². The molecular weight excluding hydrogens is 202 g/mol. The normalized spacial score (nSPS) is 17.3. The maximum absolute atomic E-state index is 4.92. The van der Waals surface area contributed by atoms with Crippen LogP contribution in [0.2, 0.25) is 0 Å². The lowest BCUT2D eigenvalue weighted by molar-refractivity contribution is 0.202. The van der Waals surface area contributed by atoms with E-state index in [-0.39, 0.29) is 0 Å². The first-order valence-corrected chi connectivity index (χ1v) is 5.69. The van der Waals surface area contributed by atoms with Crippen molar-refractivity contribution in [2.24, 2.45) is 5.16 Å². The fourth-order valence-corrected chi connectivity index (χ4v) is 1.95. The molecule has 0 amide bonds. The van der Waals surface area contributed by atoms with Crippen molar-refractivity contribution in [2.45, 2.75) is 19.3 Å². The number of oxime groups is 1. The first-order valence-electron chi connectivity index (χ1n) is 5.69. The van der Waals surface area contributed by atoms with Crippen LogP contribution in [-0.2, 0) is 4.84 Å². The van der Waals surface area contributed by atoms with E-state index in [9.17, 15) is 0 Å². The number of likely N-dealkylation sites (tertiary alicyclic amines) is 1. The van der Waals surface area contributed by atoms with Gasteiger partial charge in [0.05, 0.1) is 0 Å². The lowest BCUT2D eigenvalue weighted by Gasteiger charge is -2.28. The van der Waals surface area contributed by atoms with E-state index in [1.807, 2.05) is 18.2 Å². The average molecular weight is 219 g/mol. The molecular formula is C12H17N3O. The number of hydrogen-bond acceptors (Lipinski definition) is 3. The zero-order valence-electron chi connectivity index (χ0n) is 9.59. The molecule has 4 heteroatoms. The van der Waals surface area contributed by atoms with Gasteiger partial charge in [-0.2, -0.15) is 0 Å². The second kappa shape index (κ2) is 5.49. The van der Waals surface area contributed by atoms with Crippen molar-refractivity contribution in [1.82, 2.24) is 9.88 Å². The van der Waals surface area contributed by atoms with Crippen LogP contribution in [0.4, 0.5) is 0 Å². The average Bonchev–Trinajstić information content (AvgIpc) is 2.38. The summed E-state index contributed by atoms with van der Waals surface area (Å²) in [4.78, 5) is 11.5. The lowest BCUT2D eigenvalue weighted by atomic mass is 10.1. The number of hydrogen-bond donors (Lipinski definition) is 0. The van der Waals surface area contributed by atoms with Gasteiger partial charge in [-0.3, -0.25) is 4.98 Å². The molecule has 1 aliphatic rings. The zero-order chi connectivity index (χ0) is 11.2. The molecule has 0 bridgehead atoms. The molecule has 1 aromatic rings. The van der Waals surface area contributed by atoms with Crippen LogP contribution in [0.25, 0.3) is 0 Å². The van der Waals surface area contributed by atoms with Gasteiger partial charge in [0, 0.05) is 19.3 Å². The monoisotopic (exact) mass is 219 g/mol. The molecule has 0 unspecified atom stereocenters. The molecule has 1 aromatic heterocycles. The third-order valence-electron chi connectivity index (χ3n) is 2.73. The van der Waals surface area contributed by atoms with Crippen LogP contribution in [-0.4, -0.2) is 35.9 Å². The van der Waals surface area contributed by atoms with Crippen molar-refractivity contribution in [3.05, 3.63) is 30.1 Å². The van der Waals surface area contributed by atoms with Crippen LogP contribution < -0.4 is 0 Å². The zero-order valence-corrected chi connectivity index (χ0v) is 9.59. The smallest absolute Gasteiger partial charge is 0.194 e. The van der Waals surface area contributed by atoms with Gasteiger partial charge < -0.3 is 9.74 Å². The van der Waals surface area contributed by atoms with Crippen molar-refractivity contribution in [3.63, 3.8) is 0 Å². The number of aromatic nitrogens is 1. The van der Waals surface area contributed by atoms with Crippen LogP contribution in [0.1, 0.15) is 25.0 Å².